The SMILES string of the molecule is O=C(O)c1cc(S(=O)(=O)Nc2cc(Cl)ccc2Br)c(Br)o1. The molecule has 2 N–H and O–H groups in total. The average Bonchev–Trinajstić information content (AvgIpc) is 2.77. The van der Waals surface area contributed by atoms with Crippen LogP contribution in [0.2, 0.25) is 5.02 Å². The van der Waals surface area contributed by atoms with Crippen molar-refractivity contribution in [2.45, 2.75) is 4.90 Å². The summed E-state index contributed by atoms with van der Waals surface area (Å²) in [5, 5.41) is 9.14. The minimum absolute atomic E-state index is 0.203. The van der Waals surface area contributed by atoms with Crippen LogP contribution in [0.5, 0.6) is 0 Å². The van der Waals surface area contributed by atoms with Gasteiger partial charge in [-0.25, -0.2) is 13.2 Å². The molecule has 0 radical (unpaired) electrons. The summed E-state index contributed by atoms with van der Waals surface area (Å²) in [6.07, 6.45) is 0. The molecule has 1 aromatic heterocycles. The lowest BCUT2D eigenvalue weighted by atomic mass is 10.3. The minimum Gasteiger partial charge on any atom is -0.475 e. The maximum atomic E-state index is 12.3. The van der Waals surface area contributed by atoms with Crippen LogP contribution >= 0.6 is 43.5 Å². The number of rotatable bonds is 4. The van der Waals surface area contributed by atoms with Gasteiger partial charge in [-0.1, -0.05) is 11.6 Å². The third-order valence-electron chi connectivity index (χ3n) is 2.33. The Morgan fingerprint density at radius 1 is 1.29 bits per heavy atom. The summed E-state index contributed by atoms with van der Waals surface area (Å²) in [6, 6.07) is 5.48. The Labute approximate surface area is 141 Å². The van der Waals surface area contributed by atoms with E-state index in [0.29, 0.717) is 9.50 Å². The number of nitrogens with one attached hydrogen (secondary N) is 1. The largest absolute Gasteiger partial charge is 0.475 e. The predicted octanol–water partition coefficient (Wildman–Crippen LogP) is 3.96. The standard InChI is InChI=1S/C11H6Br2ClNO5S/c12-6-2-1-5(14)3-7(6)15-21(18,19)9-4-8(11(16)17)20-10(9)13/h1-4,15H,(H,16,17). The van der Waals surface area contributed by atoms with E-state index in [2.05, 4.69) is 36.6 Å². The van der Waals surface area contributed by atoms with Crippen molar-refractivity contribution < 1.29 is 22.7 Å². The summed E-state index contributed by atoms with van der Waals surface area (Å²) in [7, 11) is -4.04. The van der Waals surface area contributed by atoms with E-state index < -0.39 is 21.8 Å². The lowest BCUT2D eigenvalue weighted by molar-refractivity contribution is 0.0661. The van der Waals surface area contributed by atoms with E-state index in [4.69, 9.17) is 21.1 Å². The monoisotopic (exact) mass is 457 g/mol. The van der Waals surface area contributed by atoms with Gasteiger partial charge < -0.3 is 9.52 Å². The number of carboxylic acid groups (broad SMARTS) is 1. The Kier molecular flexibility index (Phi) is 4.66. The molecule has 0 bridgehead atoms. The number of furan rings is 1. The molecule has 0 amide bonds. The fourth-order valence-electron chi connectivity index (χ4n) is 1.42. The van der Waals surface area contributed by atoms with Crippen LogP contribution in [0.15, 0.2) is 42.7 Å². The van der Waals surface area contributed by atoms with E-state index in [-0.39, 0.29) is 15.3 Å². The number of sulfonamides is 1. The van der Waals surface area contributed by atoms with Gasteiger partial charge in [0.2, 0.25) is 5.76 Å². The second-order valence-corrected chi connectivity index (χ2v) is 7.45. The Hall–Kier alpha value is -1.03. The van der Waals surface area contributed by atoms with Crippen molar-refractivity contribution in [3.05, 3.63) is 44.2 Å². The quantitative estimate of drug-likeness (QED) is 0.722. The molecule has 2 aromatic rings. The maximum absolute atomic E-state index is 12.3. The van der Waals surface area contributed by atoms with Gasteiger partial charge in [0.15, 0.2) is 4.67 Å². The molecule has 0 aliphatic heterocycles. The first-order valence-corrected chi connectivity index (χ1v) is 8.66. The van der Waals surface area contributed by atoms with Gasteiger partial charge in [-0.15, -0.1) is 0 Å². The van der Waals surface area contributed by atoms with Crippen molar-refractivity contribution in [1.82, 2.24) is 0 Å². The second-order valence-electron chi connectivity index (χ2n) is 3.78. The summed E-state index contributed by atoms with van der Waals surface area (Å²) in [6.45, 7) is 0. The zero-order chi connectivity index (χ0) is 15.8. The number of aromatic carboxylic acids is 1. The summed E-state index contributed by atoms with van der Waals surface area (Å²) < 4.78 is 31.9. The molecule has 0 unspecified atom stereocenters. The molecule has 0 aliphatic rings. The number of carboxylic acids is 1. The van der Waals surface area contributed by atoms with Gasteiger partial charge in [-0.2, -0.15) is 0 Å². The van der Waals surface area contributed by atoms with Crippen LogP contribution in [0.1, 0.15) is 10.6 Å². The van der Waals surface area contributed by atoms with Crippen LogP contribution in [0, 0.1) is 0 Å². The molecule has 21 heavy (non-hydrogen) atoms. The first kappa shape index (κ1) is 16.3. The topological polar surface area (TPSA) is 96.6 Å². The van der Waals surface area contributed by atoms with Crippen LogP contribution in [-0.4, -0.2) is 19.5 Å². The van der Waals surface area contributed by atoms with Crippen LogP contribution in [0.4, 0.5) is 5.69 Å². The molecule has 10 heteroatoms. The molecule has 112 valence electrons. The van der Waals surface area contributed by atoms with Crippen molar-refractivity contribution in [3.8, 4) is 0 Å². The van der Waals surface area contributed by atoms with Crippen LogP contribution in [0.25, 0.3) is 0 Å². The molecule has 6 nitrogen and oxygen atoms in total. The van der Waals surface area contributed by atoms with E-state index >= 15 is 0 Å². The Morgan fingerprint density at radius 2 is 1.95 bits per heavy atom. The highest BCUT2D eigenvalue weighted by Gasteiger charge is 2.25. The van der Waals surface area contributed by atoms with E-state index in [1.807, 2.05) is 0 Å². The summed E-state index contributed by atoms with van der Waals surface area (Å²) >= 11 is 11.9. The number of carbonyl (C=O) groups is 1. The number of hydrogen-bond donors (Lipinski definition) is 2. The normalized spacial score (nSPS) is 11.4. The van der Waals surface area contributed by atoms with Gasteiger partial charge in [0.25, 0.3) is 10.0 Å². The van der Waals surface area contributed by atoms with Crippen molar-refractivity contribution >= 4 is 65.1 Å². The van der Waals surface area contributed by atoms with Gasteiger partial charge in [-0.3, -0.25) is 4.72 Å². The molecule has 0 saturated carbocycles. The van der Waals surface area contributed by atoms with Crippen molar-refractivity contribution in [3.63, 3.8) is 0 Å². The Morgan fingerprint density at radius 3 is 2.52 bits per heavy atom. The van der Waals surface area contributed by atoms with E-state index in [1.165, 1.54) is 6.07 Å². The van der Waals surface area contributed by atoms with Gasteiger partial charge in [0.05, 0.1) is 5.69 Å². The third-order valence-corrected chi connectivity index (χ3v) is 5.48. The van der Waals surface area contributed by atoms with E-state index in [9.17, 15) is 13.2 Å². The highest BCUT2D eigenvalue weighted by Crippen LogP contribution is 2.31. The first-order chi connectivity index (χ1) is 9.70. The molecule has 0 aliphatic carbocycles. The highest BCUT2D eigenvalue weighted by molar-refractivity contribution is 9.10. The Bertz CT molecular complexity index is 818. The summed E-state index contributed by atoms with van der Waals surface area (Å²) in [5.41, 5.74) is 0.215. The van der Waals surface area contributed by atoms with Crippen molar-refractivity contribution in [2.75, 3.05) is 4.72 Å². The number of anilines is 1. The van der Waals surface area contributed by atoms with Crippen LogP contribution in [0.3, 0.4) is 0 Å². The Balaban J connectivity index is 2.43. The molecular weight excluding hydrogens is 453 g/mol. The molecule has 0 atom stereocenters. The lowest BCUT2D eigenvalue weighted by Crippen LogP contribution is -2.13. The molecular formula is C11H6Br2ClNO5S. The van der Waals surface area contributed by atoms with Gasteiger partial charge in [0.1, 0.15) is 4.90 Å². The first-order valence-electron chi connectivity index (χ1n) is 5.21. The maximum Gasteiger partial charge on any atom is 0.371 e. The van der Waals surface area contributed by atoms with E-state index in [0.717, 1.165) is 6.07 Å². The van der Waals surface area contributed by atoms with E-state index in [1.54, 1.807) is 12.1 Å². The predicted molar refractivity (Wildman–Crippen MR) is 83.3 cm³/mol. The molecule has 0 fully saturated rings. The molecule has 0 spiro atoms. The van der Waals surface area contributed by atoms with Gasteiger partial charge in [-0.05, 0) is 50.1 Å². The minimum atomic E-state index is -4.04. The van der Waals surface area contributed by atoms with Gasteiger partial charge in [0, 0.05) is 15.6 Å². The summed E-state index contributed by atoms with van der Waals surface area (Å²) in [5.74, 6) is -1.87. The fraction of sp³-hybridized carbons (Fsp3) is 0. The zero-order valence-corrected chi connectivity index (χ0v) is 14.7. The number of benzene rings is 1. The highest BCUT2D eigenvalue weighted by atomic mass is 79.9. The number of hydrogen-bond acceptors (Lipinski definition) is 4. The fourth-order valence-corrected chi connectivity index (χ4v) is 4.08. The molecule has 2 rings (SSSR count). The average molecular weight is 459 g/mol. The van der Waals surface area contributed by atoms with Crippen molar-refractivity contribution in [1.29, 1.82) is 0 Å². The second kappa shape index (κ2) is 5.99. The summed E-state index contributed by atoms with van der Waals surface area (Å²) in [4.78, 5) is 10.5. The number of halogens is 3. The molecule has 1 aromatic carbocycles. The lowest BCUT2D eigenvalue weighted by Gasteiger charge is -2.08. The zero-order valence-electron chi connectivity index (χ0n) is 9.93. The molecule has 1 heterocycles. The van der Waals surface area contributed by atoms with Crippen LogP contribution < -0.4 is 4.72 Å². The van der Waals surface area contributed by atoms with Crippen molar-refractivity contribution in [2.24, 2.45) is 0 Å². The van der Waals surface area contributed by atoms with Crippen LogP contribution in [-0.2, 0) is 10.0 Å². The molecule has 0 saturated heterocycles. The smallest absolute Gasteiger partial charge is 0.371 e. The third kappa shape index (κ3) is 3.60. The van der Waals surface area contributed by atoms with Gasteiger partial charge >= 0.3 is 5.97 Å².